The van der Waals surface area contributed by atoms with Gasteiger partial charge in [0.25, 0.3) is 0 Å². The van der Waals surface area contributed by atoms with Crippen molar-refractivity contribution >= 4 is 0 Å². The summed E-state index contributed by atoms with van der Waals surface area (Å²) in [7, 11) is 0. The lowest BCUT2D eigenvalue weighted by molar-refractivity contribution is 0.0964. The molecule has 0 spiro atoms. The zero-order chi connectivity index (χ0) is 13.9. The maximum atomic E-state index is 6.16. The Labute approximate surface area is 123 Å². The van der Waals surface area contributed by atoms with Gasteiger partial charge in [-0.2, -0.15) is 0 Å². The minimum Gasteiger partial charge on any atom is -0.329 e. The van der Waals surface area contributed by atoms with E-state index in [1.54, 1.807) is 0 Å². The summed E-state index contributed by atoms with van der Waals surface area (Å²) >= 11 is 0. The molecule has 2 N–H and O–H groups in total. The lowest BCUT2D eigenvalue weighted by Crippen LogP contribution is -2.48. The molecule has 1 aliphatic carbocycles. The van der Waals surface area contributed by atoms with Gasteiger partial charge in [0, 0.05) is 25.7 Å². The molecule has 3 atom stereocenters. The molecule has 0 saturated heterocycles. The van der Waals surface area contributed by atoms with Crippen molar-refractivity contribution in [3.8, 4) is 0 Å². The maximum absolute atomic E-state index is 6.16. The normalized spacial score (nSPS) is 28.9. The monoisotopic (exact) mass is 272 g/mol. The largest absolute Gasteiger partial charge is 0.329 e. The number of benzene rings is 1. The van der Waals surface area contributed by atoms with Crippen molar-refractivity contribution in [2.24, 2.45) is 17.6 Å². The van der Waals surface area contributed by atoms with E-state index in [-0.39, 0.29) is 0 Å². The highest BCUT2D eigenvalue weighted by atomic mass is 15.2. The number of nitrogens with zero attached hydrogens (tertiary/aromatic N) is 1. The number of hydrogen-bond donors (Lipinski definition) is 1. The molecule has 2 heteroatoms. The Morgan fingerprint density at radius 1 is 1.25 bits per heavy atom. The lowest BCUT2D eigenvalue weighted by Gasteiger charge is -2.41. The second kappa shape index (κ2) is 6.28. The molecule has 1 aromatic carbocycles. The van der Waals surface area contributed by atoms with Crippen LogP contribution in [0.5, 0.6) is 0 Å². The molecule has 0 radical (unpaired) electrons. The molecule has 110 valence electrons. The summed E-state index contributed by atoms with van der Waals surface area (Å²) in [5, 5.41) is 0. The predicted octanol–water partition coefficient (Wildman–Crippen LogP) is 3.20. The first-order valence-electron chi connectivity index (χ1n) is 8.29. The summed E-state index contributed by atoms with van der Waals surface area (Å²) in [6.07, 6.45) is 6.75. The molecular formula is C18H28N2. The first-order chi connectivity index (χ1) is 9.78. The zero-order valence-corrected chi connectivity index (χ0v) is 12.7. The summed E-state index contributed by atoms with van der Waals surface area (Å²) < 4.78 is 0. The second-order valence-corrected chi connectivity index (χ2v) is 6.82. The summed E-state index contributed by atoms with van der Waals surface area (Å²) in [5.41, 5.74) is 9.21. The van der Waals surface area contributed by atoms with Crippen LogP contribution in [-0.4, -0.2) is 24.0 Å². The molecule has 2 nitrogen and oxygen atoms in total. The van der Waals surface area contributed by atoms with Gasteiger partial charge in [-0.1, -0.05) is 44.0 Å². The molecule has 0 aromatic heterocycles. The summed E-state index contributed by atoms with van der Waals surface area (Å²) in [6, 6.07) is 9.50. The van der Waals surface area contributed by atoms with Crippen molar-refractivity contribution in [3.05, 3.63) is 35.4 Å². The van der Waals surface area contributed by atoms with E-state index in [4.69, 9.17) is 5.73 Å². The quantitative estimate of drug-likeness (QED) is 0.915. The van der Waals surface area contributed by atoms with E-state index in [0.29, 0.717) is 6.04 Å². The van der Waals surface area contributed by atoms with Crippen molar-refractivity contribution in [1.82, 2.24) is 4.90 Å². The van der Waals surface area contributed by atoms with Gasteiger partial charge in [-0.3, -0.25) is 4.90 Å². The molecule has 20 heavy (non-hydrogen) atoms. The van der Waals surface area contributed by atoms with E-state index in [9.17, 15) is 0 Å². The van der Waals surface area contributed by atoms with Crippen LogP contribution in [0.4, 0.5) is 0 Å². The SMILES string of the molecule is CC1CCCC(C(CN)N2CCc3ccccc3C2)C1. The first-order valence-corrected chi connectivity index (χ1v) is 8.29. The molecular weight excluding hydrogens is 244 g/mol. The number of rotatable bonds is 3. The fourth-order valence-electron chi connectivity index (χ4n) is 4.27. The van der Waals surface area contributed by atoms with E-state index in [1.165, 1.54) is 49.8 Å². The van der Waals surface area contributed by atoms with Crippen molar-refractivity contribution in [2.75, 3.05) is 13.1 Å². The fraction of sp³-hybridized carbons (Fsp3) is 0.667. The lowest BCUT2D eigenvalue weighted by atomic mass is 9.77. The van der Waals surface area contributed by atoms with Gasteiger partial charge >= 0.3 is 0 Å². The first kappa shape index (κ1) is 14.1. The molecule has 2 aliphatic rings. The van der Waals surface area contributed by atoms with Gasteiger partial charge in [-0.25, -0.2) is 0 Å². The third-order valence-electron chi connectivity index (χ3n) is 5.39. The second-order valence-electron chi connectivity index (χ2n) is 6.82. The summed E-state index contributed by atoms with van der Waals surface area (Å²) in [4.78, 5) is 2.66. The Kier molecular flexibility index (Phi) is 4.42. The van der Waals surface area contributed by atoms with Gasteiger partial charge in [0.2, 0.25) is 0 Å². The van der Waals surface area contributed by atoms with E-state index in [2.05, 4.69) is 36.1 Å². The van der Waals surface area contributed by atoms with Crippen LogP contribution in [-0.2, 0) is 13.0 Å². The summed E-state index contributed by atoms with van der Waals surface area (Å²) in [5.74, 6) is 1.70. The van der Waals surface area contributed by atoms with Crippen LogP contribution in [0.3, 0.4) is 0 Å². The van der Waals surface area contributed by atoms with Crippen LogP contribution in [0.1, 0.15) is 43.7 Å². The minimum absolute atomic E-state index is 0.589. The van der Waals surface area contributed by atoms with Crippen molar-refractivity contribution < 1.29 is 0 Å². The molecule has 0 bridgehead atoms. The topological polar surface area (TPSA) is 29.3 Å². The van der Waals surface area contributed by atoms with Gasteiger partial charge in [0.05, 0.1) is 0 Å². The Balaban J connectivity index is 1.71. The number of fused-ring (bicyclic) bond motifs is 1. The fourth-order valence-corrected chi connectivity index (χ4v) is 4.27. The van der Waals surface area contributed by atoms with E-state index in [0.717, 1.165) is 24.9 Å². The van der Waals surface area contributed by atoms with Crippen molar-refractivity contribution in [2.45, 2.75) is 51.6 Å². The van der Waals surface area contributed by atoms with Crippen LogP contribution in [0.25, 0.3) is 0 Å². The van der Waals surface area contributed by atoms with Gasteiger partial charge in [-0.15, -0.1) is 0 Å². The Morgan fingerprint density at radius 2 is 2.05 bits per heavy atom. The van der Waals surface area contributed by atoms with Crippen molar-refractivity contribution in [1.29, 1.82) is 0 Å². The molecule has 0 amide bonds. The van der Waals surface area contributed by atoms with Gasteiger partial charge in [-0.05, 0) is 42.2 Å². The maximum Gasteiger partial charge on any atom is 0.0250 e. The smallest absolute Gasteiger partial charge is 0.0250 e. The Morgan fingerprint density at radius 3 is 2.80 bits per heavy atom. The third-order valence-corrected chi connectivity index (χ3v) is 5.39. The molecule has 1 fully saturated rings. The van der Waals surface area contributed by atoms with Gasteiger partial charge in [0.1, 0.15) is 0 Å². The molecule has 3 rings (SSSR count). The van der Waals surface area contributed by atoms with Gasteiger partial charge < -0.3 is 5.73 Å². The highest BCUT2D eigenvalue weighted by Gasteiger charge is 2.31. The summed E-state index contributed by atoms with van der Waals surface area (Å²) in [6.45, 7) is 5.51. The number of hydrogen-bond acceptors (Lipinski definition) is 2. The third kappa shape index (κ3) is 2.91. The van der Waals surface area contributed by atoms with Crippen molar-refractivity contribution in [3.63, 3.8) is 0 Å². The van der Waals surface area contributed by atoms with E-state index < -0.39 is 0 Å². The van der Waals surface area contributed by atoms with E-state index >= 15 is 0 Å². The van der Waals surface area contributed by atoms with Crippen LogP contribution >= 0.6 is 0 Å². The highest BCUT2D eigenvalue weighted by Crippen LogP contribution is 2.34. The average molecular weight is 272 g/mol. The standard InChI is InChI=1S/C18H28N2/c1-14-5-4-8-16(11-14)18(12-19)20-10-9-15-6-2-3-7-17(15)13-20/h2-3,6-7,14,16,18H,4-5,8-13,19H2,1H3. The number of nitrogens with two attached hydrogens (primary N) is 1. The van der Waals surface area contributed by atoms with Crippen LogP contribution in [0.15, 0.2) is 24.3 Å². The van der Waals surface area contributed by atoms with Crippen LogP contribution < -0.4 is 5.73 Å². The highest BCUT2D eigenvalue weighted by molar-refractivity contribution is 5.29. The molecule has 1 saturated carbocycles. The van der Waals surface area contributed by atoms with Gasteiger partial charge in [0.15, 0.2) is 0 Å². The molecule has 1 aliphatic heterocycles. The Bertz CT molecular complexity index is 443. The molecule has 3 unspecified atom stereocenters. The van der Waals surface area contributed by atoms with Crippen LogP contribution in [0, 0.1) is 11.8 Å². The van der Waals surface area contributed by atoms with Crippen LogP contribution in [0.2, 0.25) is 0 Å². The Hall–Kier alpha value is -0.860. The minimum atomic E-state index is 0.589. The molecule has 1 aromatic rings. The average Bonchev–Trinajstić information content (AvgIpc) is 2.48. The molecule has 1 heterocycles. The zero-order valence-electron chi connectivity index (χ0n) is 12.7. The predicted molar refractivity (Wildman–Crippen MR) is 84.5 cm³/mol. The van der Waals surface area contributed by atoms with E-state index in [1.807, 2.05) is 0 Å².